The van der Waals surface area contributed by atoms with Crippen molar-refractivity contribution in [1.29, 1.82) is 0 Å². The molecule has 5 aliphatic rings. The molecule has 2 aromatic rings. The number of fused-ring (bicyclic) bond motifs is 2. The molecule has 8 atom stereocenters. The van der Waals surface area contributed by atoms with Gasteiger partial charge in [0.25, 0.3) is 0 Å². The smallest absolute Gasteiger partial charge is 0.205 e. The normalized spacial score (nSPS) is 42.8. The molecule has 7 heteroatoms. The number of hydrogen-bond acceptors (Lipinski definition) is 6. The second-order valence-corrected chi connectivity index (χ2v) is 10.3. The number of ether oxygens (including phenoxy) is 3. The van der Waals surface area contributed by atoms with Crippen LogP contribution in [-0.4, -0.2) is 33.5 Å². The highest BCUT2D eigenvalue weighted by molar-refractivity contribution is 5.28. The van der Waals surface area contributed by atoms with E-state index in [2.05, 4.69) is 31.0 Å². The van der Waals surface area contributed by atoms with Gasteiger partial charge in [-0.25, -0.2) is 14.8 Å². The van der Waals surface area contributed by atoms with Crippen LogP contribution in [0.25, 0.3) is 0 Å². The van der Waals surface area contributed by atoms with E-state index >= 15 is 0 Å². The van der Waals surface area contributed by atoms with E-state index in [1.54, 1.807) is 6.20 Å². The fourth-order valence-corrected chi connectivity index (χ4v) is 6.41. The summed E-state index contributed by atoms with van der Waals surface area (Å²) < 4.78 is 21.4. The molecule has 172 valence electrons. The van der Waals surface area contributed by atoms with Crippen molar-refractivity contribution in [3.8, 4) is 5.75 Å². The second-order valence-electron chi connectivity index (χ2n) is 10.3. The van der Waals surface area contributed by atoms with Crippen molar-refractivity contribution in [3.05, 3.63) is 48.5 Å². The summed E-state index contributed by atoms with van der Waals surface area (Å²) in [7, 11) is 0. The first-order chi connectivity index (χ1) is 15.5. The summed E-state index contributed by atoms with van der Waals surface area (Å²) in [6.45, 7) is 7.28. The van der Waals surface area contributed by atoms with Gasteiger partial charge in [-0.15, -0.1) is 0 Å². The first-order valence-electron chi connectivity index (χ1n) is 11.9. The molecule has 5 heterocycles. The van der Waals surface area contributed by atoms with Crippen molar-refractivity contribution in [2.24, 2.45) is 23.7 Å². The molecule has 32 heavy (non-hydrogen) atoms. The van der Waals surface area contributed by atoms with Crippen LogP contribution in [0.2, 0.25) is 0 Å². The van der Waals surface area contributed by atoms with Gasteiger partial charge in [0.1, 0.15) is 5.75 Å². The summed E-state index contributed by atoms with van der Waals surface area (Å²) in [4.78, 5) is 16.2. The Morgan fingerprint density at radius 2 is 1.94 bits per heavy atom. The lowest BCUT2D eigenvalue weighted by molar-refractivity contribution is -0.575. The molecule has 1 aliphatic carbocycles. The third-order valence-electron chi connectivity index (χ3n) is 8.20. The van der Waals surface area contributed by atoms with Gasteiger partial charge in [0.15, 0.2) is 11.9 Å². The van der Waals surface area contributed by atoms with Gasteiger partial charge in [-0.05, 0) is 55.7 Å². The molecule has 0 unspecified atom stereocenters. The Morgan fingerprint density at radius 1 is 1.09 bits per heavy atom. The maximum absolute atomic E-state index is 6.51. The van der Waals surface area contributed by atoms with Gasteiger partial charge in [-0.1, -0.05) is 26.0 Å². The maximum atomic E-state index is 6.51. The summed E-state index contributed by atoms with van der Waals surface area (Å²) in [6.07, 6.45) is 8.79. The van der Waals surface area contributed by atoms with E-state index in [1.807, 2.05) is 36.1 Å². The second kappa shape index (κ2) is 7.55. The van der Waals surface area contributed by atoms with Gasteiger partial charge in [0, 0.05) is 37.2 Å². The molecule has 1 spiro atoms. The number of imidazole rings is 1. The average molecular weight is 441 g/mol. The zero-order chi connectivity index (χ0) is 21.9. The van der Waals surface area contributed by atoms with Crippen LogP contribution in [-0.2, 0) is 25.8 Å². The van der Waals surface area contributed by atoms with Crippen molar-refractivity contribution in [2.45, 2.75) is 77.0 Å². The molecule has 1 aromatic heterocycles. The highest BCUT2D eigenvalue weighted by atomic mass is 17.3. The molecule has 1 aromatic carbocycles. The molecule has 4 aliphatic heterocycles. The summed E-state index contributed by atoms with van der Waals surface area (Å²) in [5, 5.41) is 0. The van der Waals surface area contributed by atoms with Crippen molar-refractivity contribution >= 4 is 0 Å². The number of hydrogen-bond donors (Lipinski definition) is 0. The molecule has 1 saturated carbocycles. The van der Waals surface area contributed by atoms with Crippen molar-refractivity contribution < 1.29 is 24.0 Å². The largest absolute Gasteiger partial charge is 0.465 e. The van der Waals surface area contributed by atoms with Gasteiger partial charge >= 0.3 is 0 Å². The highest BCUT2D eigenvalue weighted by Crippen LogP contribution is 2.60. The van der Waals surface area contributed by atoms with Gasteiger partial charge in [0.2, 0.25) is 12.1 Å². The quantitative estimate of drug-likeness (QED) is 0.652. The summed E-state index contributed by atoms with van der Waals surface area (Å²) in [6, 6.07) is 8.20. The fourth-order valence-electron chi connectivity index (χ4n) is 6.41. The topological polar surface area (TPSA) is 64.0 Å². The van der Waals surface area contributed by atoms with Crippen LogP contribution < -0.4 is 4.74 Å². The van der Waals surface area contributed by atoms with Gasteiger partial charge in [-0.2, -0.15) is 0 Å². The van der Waals surface area contributed by atoms with E-state index in [-0.39, 0.29) is 11.8 Å². The molecule has 5 fully saturated rings. The molecule has 7 nitrogen and oxygen atoms in total. The van der Waals surface area contributed by atoms with Crippen LogP contribution in [0.3, 0.4) is 0 Å². The zero-order valence-corrected chi connectivity index (χ0v) is 19.0. The van der Waals surface area contributed by atoms with Gasteiger partial charge in [0.05, 0.1) is 6.33 Å². The van der Waals surface area contributed by atoms with E-state index < -0.39 is 24.0 Å². The fraction of sp³-hybridized carbons (Fsp3) is 0.640. The summed E-state index contributed by atoms with van der Waals surface area (Å²) >= 11 is 0. The minimum absolute atomic E-state index is 0.154. The number of nitrogens with zero attached hydrogens (tertiary/aromatic N) is 2. The minimum Gasteiger partial charge on any atom is -0.465 e. The standard InChI is InChI=1S/C25H32N2O5/c1-16-4-9-21-17(2)22(28-19-7-5-18(6-8-19)14-27-13-12-26-15-27)29-23-25(21)20(16)10-11-24(3,30-23)31-32-25/h5-8,12-13,15-17,20-23H,4,9-11,14H2,1-3H3/t16-,17-,20+,21+,22+,23-,24+,25-/m1/s1. The Hall–Kier alpha value is -1.93. The predicted octanol–water partition coefficient (Wildman–Crippen LogP) is 4.52. The lowest BCUT2D eigenvalue weighted by Crippen LogP contribution is -2.70. The van der Waals surface area contributed by atoms with Crippen LogP contribution in [0.1, 0.15) is 52.0 Å². The molecule has 0 N–H and O–H groups in total. The minimum atomic E-state index is -0.766. The Kier molecular flexibility index (Phi) is 4.88. The van der Waals surface area contributed by atoms with Crippen LogP contribution in [0.5, 0.6) is 5.75 Å². The zero-order valence-electron chi connectivity index (χ0n) is 19.0. The van der Waals surface area contributed by atoms with E-state index in [4.69, 9.17) is 24.0 Å². The van der Waals surface area contributed by atoms with E-state index in [0.717, 1.165) is 31.6 Å². The Balaban J connectivity index is 1.23. The van der Waals surface area contributed by atoms with E-state index in [9.17, 15) is 0 Å². The Bertz CT molecular complexity index is 950. The van der Waals surface area contributed by atoms with Crippen molar-refractivity contribution in [2.75, 3.05) is 0 Å². The number of benzene rings is 1. The predicted molar refractivity (Wildman–Crippen MR) is 115 cm³/mol. The van der Waals surface area contributed by atoms with Crippen LogP contribution in [0.15, 0.2) is 43.0 Å². The van der Waals surface area contributed by atoms with Crippen LogP contribution in [0, 0.1) is 23.7 Å². The van der Waals surface area contributed by atoms with Crippen molar-refractivity contribution in [3.63, 3.8) is 0 Å². The molecule has 4 saturated heterocycles. The van der Waals surface area contributed by atoms with E-state index in [0.29, 0.717) is 11.8 Å². The lowest BCUT2D eigenvalue weighted by atomic mass is 9.58. The molecular weight excluding hydrogens is 408 g/mol. The van der Waals surface area contributed by atoms with Crippen LogP contribution in [0.4, 0.5) is 0 Å². The summed E-state index contributed by atoms with van der Waals surface area (Å²) in [5.41, 5.74) is 0.639. The SMILES string of the molecule is C[C@H]1[C@@H](Oc2ccc(Cn3ccnc3)cc2)O[C@@H]2O[C@]3(C)CC[C@H]4[C@H](C)CC[C@@H]1[C@@]24OO3. The molecule has 0 radical (unpaired) electrons. The summed E-state index contributed by atoms with van der Waals surface area (Å²) in [5.74, 6) is 1.36. The first kappa shape index (κ1) is 20.7. The maximum Gasteiger partial charge on any atom is 0.205 e. The first-order valence-corrected chi connectivity index (χ1v) is 11.9. The lowest BCUT2D eigenvalue weighted by Gasteiger charge is -2.60. The van der Waals surface area contributed by atoms with Crippen molar-refractivity contribution in [1.82, 2.24) is 9.55 Å². The van der Waals surface area contributed by atoms with Crippen LogP contribution >= 0.6 is 0 Å². The number of rotatable bonds is 4. The average Bonchev–Trinajstić information content (AvgIpc) is 3.19. The third-order valence-corrected chi connectivity index (χ3v) is 8.20. The Morgan fingerprint density at radius 3 is 2.72 bits per heavy atom. The van der Waals surface area contributed by atoms with E-state index in [1.165, 1.54) is 12.0 Å². The molecule has 2 bridgehead atoms. The Labute approximate surface area is 188 Å². The molecule has 7 rings (SSSR count). The molecule has 0 amide bonds. The number of aromatic nitrogens is 2. The molecular formula is C25H32N2O5. The third kappa shape index (κ3) is 3.21. The van der Waals surface area contributed by atoms with Gasteiger partial charge < -0.3 is 18.8 Å². The van der Waals surface area contributed by atoms with Gasteiger partial charge in [-0.3, -0.25) is 0 Å². The monoisotopic (exact) mass is 440 g/mol. The highest BCUT2D eigenvalue weighted by Gasteiger charge is 2.69.